The van der Waals surface area contributed by atoms with Crippen molar-refractivity contribution in [2.75, 3.05) is 4.90 Å². The highest BCUT2D eigenvalue weighted by Gasteiger charge is 2.38. The van der Waals surface area contributed by atoms with Gasteiger partial charge < -0.3 is 10.6 Å². The third-order valence-corrected chi connectivity index (χ3v) is 4.18. The summed E-state index contributed by atoms with van der Waals surface area (Å²) in [7, 11) is 0. The van der Waals surface area contributed by atoms with Gasteiger partial charge in [-0.2, -0.15) is 0 Å². The average molecular weight is 264 g/mol. The van der Waals surface area contributed by atoms with Gasteiger partial charge in [-0.3, -0.25) is 0 Å². The number of hydrogen-bond donors (Lipinski definition) is 1. The number of benzene rings is 1. The molecular weight excluding hydrogens is 239 g/mol. The number of rotatable bonds is 2. The molecule has 2 rings (SSSR count). The smallest absolute Gasteiger partial charge is 0.129 e. The molecular formula is C16H25FN2. The molecule has 1 aliphatic rings. The molecule has 0 radical (unpaired) electrons. The van der Waals surface area contributed by atoms with Gasteiger partial charge in [0.2, 0.25) is 0 Å². The molecule has 1 aromatic rings. The van der Waals surface area contributed by atoms with Gasteiger partial charge in [0, 0.05) is 29.4 Å². The van der Waals surface area contributed by atoms with Crippen molar-refractivity contribution in [2.24, 2.45) is 5.73 Å². The first kappa shape index (κ1) is 14.3. The third kappa shape index (κ3) is 2.36. The molecule has 0 aromatic heterocycles. The molecule has 2 nitrogen and oxygen atoms in total. The molecule has 1 aliphatic heterocycles. The molecule has 0 spiro atoms. The number of nitrogens with two attached hydrogens (primary N) is 1. The van der Waals surface area contributed by atoms with Crippen LogP contribution in [0.2, 0.25) is 0 Å². The lowest BCUT2D eigenvalue weighted by atomic mass is 9.78. The fourth-order valence-electron chi connectivity index (χ4n) is 3.65. The fourth-order valence-corrected chi connectivity index (χ4v) is 3.65. The summed E-state index contributed by atoms with van der Waals surface area (Å²) in [6.07, 6.45) is 1.08. The van der Waals surface area contributed by atoms with Gasteiger partial charge in [0.05, 0.1) is 0 Å². The summed E-state index contributed by atoms with van der Waals surface area (Å²) < 4.78 is 14.1. The molecule has 106 valence electrons. The van der Waals surface area contributed by atoms with Crippen molar-refractivity contribution < 1.29 is 4.39 Å². The Labute approximate surface area is 115 Å². The third-order valence-electron chi connectivity index (χ3n) is 4.18. The van der Waals surface area contributed by atoms with Crippen LogP contribution in [-0.4, -0.2) is 11.6 Å². The second kappa shape index (κ2) is 4.78. The van der Waals surface area contributed by atoms with Crippen molar-refractivity contribution in [3.8, 4) is 0 Å². The highest BCUT2D eigenvalue weighted by molar-refractivity contribution is 5.61. The number of halogens is 1. The van der Waals surface area contributed by atoms with Crippen LogP contribution in [0.5, 0.6) is 0 Å². The maximum atomic E-state index is 14.1. The van der Waals surface area contributed by atoms with E-state index in [1.54, 1.807) is 6.07 Å². The Kier molecular flexibility index (Phi) is 3.61. The van der Waals surface area contributed by atoms with Gasteiger partial charge in [-0.05, 0) is 57.7 Å². The molecule has 0 unspecified atom stereocenters. The molecule has 0 saturated heterocycles. The lowest BCUT2D eigenvalue weighted by Gasteiger charge is -2.50. The van der Waals surface area contributed by atoms with Gasteiger partial charge in [-0.15, -0.1) is 0 Å². The van der Waals surface area contributed by atoms with E-state index in [0.29, 0.717) is 17.5 Å². The van der Waals surface area contributed by atoms with Gasteiger partial charge in [-0.25, -0.2) is 4.39 Å². The Bertz CT molecular complexity index is 480. The molecule has 0 fully saturated rings. The van der Waals surface area contributed by atoms with Gasteiger partial charge in [-0.1, -0.05) is 6.92 Å². The fraction of sp³-hybridized carbons (Fsp3) is 0.625. The Morgan fingerprint density at radius 3 is 2.58 bits per heavy atom. The number of fused-ring (bicyclic) bond motifs is 1. The lowest BCUT2D eigenvalue weighted by Crippen LogP contribution is -2.52. The summed E-state index contributed by atoms with van der Waals surface area (Å²) in [6.45, 7) is 11.3. The molecule has 1 aromatic carbocycles. The number of hydrogen-bond acceptors (Lipinski definition) is 2. The van der Waals surface area contributed by atoms with Gasteiger partial charge in [0.1, 0.15) is 5.82 Å². The zero-order valence-corrected chi connectivity index (χ0v) is 12.6. The monoisotopic (exact) mass is 264 g/mol. The SMILES string of the molecule is CC(C)N1c2cc(F)c(CN)cc2[C@H](C)CC1(C)C. The van der Waals surface area contributed by atoms with E-state index >= 15 is 0 Å². The standard InChI is InChI=1S/C16H25FN2/c1-10(2)19-15-7-14(17)12(9-18)6-13(15)11(3)8-16(19,4)5/h6-7,10-11H,8-9,18H2,1-5H3/t11-/m1/s1. The predicted octanol–water partition coefficient (Wildman–Crippen LogP) is 3.79. The van der Waals surface area contributed by atoms with E-state index in [1.165, 1.54) is 5.56 Å². The van der Waals surface area contributed by atoms with Gasteiger partial charge in [0.25, 0.3) is 0 Å². The molecule has 0 aliphatic carbocycles. The Balaban J connectivity index is 2.62. The summed E-state index contributed by atoms with van der Waals surface area (Å²) in [5, 5.41) is 0. The highest BCUT2D eigenvalue weighted by Crippen LogP contribution is 2.45. The van der Waals surface area contributed by atoms with Crippen LogP contribution < -0.4 is 10.6 Å². The zero-order chi connectivity index (χ0) is 14.4. The lowest BCUT2D eigenvalue weighted by molar-refractivity contribution is 0.355. The molecule has 2 N–H and O–H groups in total. The van der Waals surface area contributed by atoms with Crippen molar-refractivity contribution in [3.05, 3.63) is 29.1 Å². The highest BCUT2D eigenvalue weighted by atomic mass is 19.1. The Hall–Kier alpha value is -1.09. The van der Waals surface area contributed by atoms with Gasteiger partial charge in [0.15, 0.2) is 0 Å². The topological polar surface area (TPSA) is 29.3 Å². The van der Waals surface area contributed by atoms with Crippen LogP contribution in [0, 0.1) is 5.82 Å². The molecule has 3 heteroatoms. The minimum Gasteiger partial charge on any atom is -0.364 e. The van der Waals surface area contributed by atoms with Crippen molar-refractivity contribution in [2.45, 2.75) is 65.1 Å². The van der Waals surface area contributed by atoms with Crippen molar-refractivity contribution in [1.29, 1.82) is 0 Å². The van der Waals surface area contributed by atoms with Crippen molar-refractivity contribution in [1.82, 2.24) is 0 Å². The molecule has 0 bridgehead atoms. The summed E-state index contributed by atoms with van der Waals surface area (Å²) in [5.41, 5.74) is 8.56. The summed E-state index contributed by atoms with van der Waals surface area (Å²) in [5.74, 6) is 0.253. The number of nitrogens with zero attached hydrogens (tertiary/aromatic N) is 1. The van der Waals surface area contributed by atoms with E-state index in [0.717, 1.165) is 12.1 Å². The van der Waals surface area contributed by atoms with E-state index in [1.807, 2.05) is 6.07 Å². The quantitative estimate of drug-likeness (QED) is 0.880. The molecule has 19 heavy (non-hydrogen) atoms. The molecule has 1 atom stereocenters. The summed E-state index contributed by atoms with van der Waals surface area (Å²) in [6, 6.07) is 3.99. The molecule has 1 heterocycles. The largest absolute Gasteiger partial charge is 0.364 e. The van der Waals surface area contributed by atoms with E-state index in [9.17, 15) is 4.39 Å². The summed E-state index contributed by atoms with van der Waals surface area (Å²) >= 11 is 0. The second-order valence-electron chi connectivity index (χ2n) is 6.59. The van der Waals surface area contributed by atoms with E-state index < -0.39 is 0 Å². The zero-order valence-electron chi connectivity index (χ0n) is 12.6. The van der Waals surface area contributed by atoms with E-state index in [2.05, 4.69) is 39.5 Å². The van der Waals surface area contributed by atoms with Crippen molar-refractivity contribution in [3.63, 3.8) is 0 Å². The predicted molar refractivity (Wildman–Crippen MR) is 79.0 cm³/mol. The van der Waals surface area contributed by atoms with Crippen LogP contribution in [0.4, 0.5) is 10.1 Å². The normalized spacial score (nSPS) is 21.7. The first-order valence-corrected chi connectivity index (χ1v) is 7.09. The first-order chi connectivity index (χ1) is 8.77. The first-order valence-electron chi connectivity index (χ1n) is 7.09. The van der Waals surface area contributed by atoms with Crippen LogP contribution in [0.15, 0.2) is 12.1 Å². The van der Waals surface area contributed by atoms with Crippen LogP contribution in [-0.2, 0) is 6.54 Å². The maximum Gasteiger partial charge on any atom is 0.129 e. The van der Waals surface area contributed by atoms with E-state index in [4.69, 9.17) is 5.73 Å². The van der Waals surface area contributed by atoms with Crippen LogP contribution in [0.1, 0.15) is 58.1 Å². The Morgan fingerprint density at radius 2 is 2.05 bits per heavy atom. The van der Waals surface area contributed by atoms with Crippen LogP contribution in [0.25, 0.3) is 0 Å². The van der Waals surface area contributed by atoms with Gasteiger partial charge >= 0.3 is 0 Å². The molecule has 0 saturated carbocycles. The maximum absolute atomic E-state index is 14.1. The van der Waals surface area contributed by atoms with Crippen molar-refractivity contribution >= 4 is 5.69 Å². The van der Waals surface area contributed by atoms with E-state index in [-0.39, 0.29) is 17.9 Å². The number of anilines is 1. The van der Waals surface area contributed by atoms with Crippen LogP contribution >= 0.6 is 0 Å². The second-order valence-corrected chi connectivity index (χ2v) is 6.59. The minimum atomic E-state index is -0.184. The Morgan fingerprint density at radius 1 is 1.42 bits per heavy atom. The average Bonchev–Trinajstić information content (AvgIpc) is 2.26. The minimum absolute atomic E-state index is 0.0528. The van der Waals surface area contributed by atoms with Crippen LogP contribution in [0.3, 0.4) is 0 Å². The molecule has 0 amide bonds. The summed E-state index contributed by atoms with van der Waals surface area (Å²) in [4.78, 5) is 2.34.